The number of rotatable bonds is 4. The zero-order valence-electron chi connectivity index (χ0n) is 13.3. The molecule has 0 heteroatoms. The zero-order chi connectivity index (χ0) is 14.5. The van der Waals surface area contributed by atoms with Gasteiger partial charge in [-0.1, -0.05) is 62.8 Å². The lowest BCUT2D eigenvalue weighted by Gasteiger charge is -2.31. The van der Waals surface area contributed by atoms with Gasteiger partial charge < -0.3 is 0 Å². The Morgan fingerprint density at radius 1 is 0.810 bits per heavy atom. The molecule has 0 aromatic heterocycles. The monoisotopic (exact) mass is 281 g/mol. The third-order valence-corrected chi connectivity index (χ3v) is 5.53. The highest BCUT2D eigenvalue weighted by Crippen LogP contribution is 2.42. The standard InChI is InChI=1S/C21H29/c1-2-10-18-15-9-16-20(17-11-5-3-6-12-17)21(18)19-13-7-4-8-14-19/h2,9-10,15-17,19H,1,3-8,11-14H2. The van der Waals surface area contributed by atoms with Crippen molar-refractivity contribution >= 4 is 0 Å². The molecular weight excluding hydrogens is 252 g/mol. The molecule has 0 spiro atoms. The van der Waals surface area contributed by atoms with Gasteiger partial charge in [0.15, 0.2) is 0 Å². The molecule has 1 aromatic carbocycles. The minimum absolute atomic E-state index is 0.795. The van der Waals surface area contributed by atoms with Crippen LogP contribution in [-0.2, 0) is 0 Å². The predicted molar refractivity (Wildman–Crippen MR) is 91.7 cm³/mol. The van der Waals surface area contributed by atoms with Gasteiger partial charge in [0.2, 0.25) is 0 Å². The summed E-state index contributed by atoms with van der Waals surface area (Å²) < 4.78 is 0. The molecule has 0 atom stereocenters. The quantitative estimate of drug-likeness (QED) is 0.589. The Hall–Kier alpha value is -1.04. The molecular formula is C21H29. The van der Waals surface area contributed by atoms with Gasteiger partial charge in [-0.05, 0) is 54.2 Å². The largest absolute Gasteiger partial charge is 0.102 e. The molecule has 1 aromatic rings. The van der Waals surface area contributed by atoms with Crippen molar-refractivity contribution in [2.24, 2.45) is 0 Å². The number of allylic oxidation sites excluding steroid dienone is 1. The van der Waals surface area contributed by atoms with Crippen molar-refractivity contribution in [2.75, 3.05) is 0 Å². The first-order chi connectivity index (χ1) is 10.4. The molecule has 0 aliphatic heterocycles. The zero-order valence-corrected chi connectivity index (χ0v) is 13.3. The molecule has 1 radical (unpaired) electrons. The molecule has 0 N–H and O–H groups in total. The third-order valence-electron chi connectivity index (χ3n) is 5.53. The summed E-state index contributed by atoms with van der Waals surface area (Å²) in [6, 6.07) is 7.00. The van der Waals surface area contributed by atoms with Crippen LogP contribution < -0.4 is 0 Å². The summed E-state index contributed by atoms with van der Waals surface area (Å²) in [6.45, 7) is 3.93. The highest BCUT2D eigenvalue weighted by molar-refractivity contribution is 5.45. The lowest BCUT2D eigenvalue weighted by molar-refractivity contribution is 0.418. The van der Waals surface area contributed by atoms with Crippen molar-refractivity contribution in [2.45, 2.75) is 76.0 Å². The summed E-state index contributed by atoms with van der Waals surface area (Å²) in [5.74, 6) is 1.61. The van der Waals surface area contributed by atoms with Crippen molar-refractivity contribution in [3.05, 3.63) is 54.0 Å². The van der Waals surface area contributed by atoms with Crippen molar-refractivity contribution < 1.29 is 0 Å². The van der Waals surface area contributed by atoms with Gasteiger partial charge >= 0.3 is 0 Å². The Labute approximate surface area is 130 Å². The van der Waals surface area contributed by atoms with Crippen molar-refractivity contribution in [1.29, 1.82) is 0 Å². The predicted octanol–water partition coefficient (Wildman–Crippen LogP) is 6.52. The number of hydrogen-bond acceptors (Lipinski definition) is 0. The second kappa shape index (κ2) is 7.29. The molecule has 2 fully saturated rings. The second-order valence-electron chi connectivity index (χ2n) is 6.92. The van der Waals surface area contributed by atoms with Crippen LogP contribution in [0, 0.1) is 6.42 Å². The van der Waals surface area contributed by atoms with E-state index in [1.165, 1.54) is 69.8 Å². The first-order valence-electron chi connectivity index (χ1n) is 8.98. The summed E-state index contributed by atoms with van der Waals surface area (Å²) in [7, 11) is 0. The first kappa shape index (κ1) is 14.9. The van der Waals surface area contributed by atoms with Crippen molar-refractivity contribution in [3.63, 3.8) is 0 Å². The normalized spacial score (nSPS) is 21.3. The van der Waals surface area contributed by atoms with E-state index in [4.69, 9.17) is 0 Å². The van der Waals surface area contributed by atoms with Crippen LogP contribution in [0.2, 0.25) is 0 Å². The van der Waals surface area contributed by atoms with Crippen LogP contribution in [0.4, 0.5) is 0 Å². The van der Waals surface area contributed by atoms with Crippen LogP contribution in [0.5, 0.6) is 0 Å². The van der Waals surface area contributed by atoms with Gasteiger partial charge in [0.05, 0.1) is 0 Å². The van der Waals surface area contributed by atoms with E-state index in [-0.39, 0.29) is 0 Å². The fourth-order valence-corrected chi connectivity index (χ4v) is 4.51. The van der Waals surface area contributed by atoms with Gasteiger partial charge in [-0.3, -0.25) is 0 Å². The van der Waals surface area contributed by atoms with Crippen molar-refractivity contribution in [3.8, 4) is 0 Å². The molecule has 21 heavy (non-hydrogen) atoms. The topological polar surface area (TPSA) is 0 Å². The molecule has 0 bridgehead atoms. The van der Waals surface area contributed by atoms with E-state index in [1.54, 1.807) is 11.1 Å². The fraction of sp³-hybridized carbons (Fsp3) is 0.571. The van der Waals surface area contributed by atoms with E-state index in [0.29, 0.717) is 0 Å². The van der Waals surface area contributed by atoms with Crippen LogP contribution >= 0.6 is 0 Å². The van der Waals surface area contributed by atoms with E-state index >= 15 is 0 Å². The van der Waals surface area contributed by atoms with Crippen molar-refractivity contribution in [1.82, 2.24) is 0 Å². The average Bonchev–Trinajstić information content (AvgIpc) is 2.56. The lowest BCUT2D eigenvalue weighted by atomic mass is 9.74. The SMILES string of the molecule is C=C[CH]c1cccc(C2CCCCC2)c1C1CCCCC1. The van der Waals surface area contributed by atoms with E-state index < -0.39 is 0 Å². The molecule has 3 rings (SSSR count). The Bertz CT molecular complexity index is 459. The van der Waals surface area contributed by atoms with Gasteiger partial charge in [0.25, 0.3) is 0 Å². The second-order valence-corrected chi connectivity index (χ2v) is 6.92. The molecule has 113 valence electrons. The summed E-state index contributed by atoms with van der Waals surface area (Å²) in [5.41, 5.74) is 4.81. The molecule has 0 unspecified atom stereocenters. The molecule has 0 amide bonds. The van der Waals surface area contributed by atoms with E-state index in [1.807, 2.05) is 6.08 Å². The summed E-state index contributed by atoms with van der Waals surface area (Å²) in [5, 5.41) is 0. The highest BCUT2D eigenvalue weighted by atomic mass is 14.3. The maximum absolute atomic E-state index is 3.93. The Balaban J connectivity index is 1.96. The minimum atomic E-state index is 0.795. The van der Waals surface area contributed by atoms with Gasteiger partial charge in [0.1, 0.15) is 0 Å². The molecule has 0 nitrogen and oxygen atoms in total. The average molecular weight is 281 g/mol. The van der Waals surface area contributed by atoms with Crippen LogP contribution in [0.1, 0.15) is 92.7 Å². The number of benzene rings is 1. The van der Waals surface area contributed by atoms with E-state index in [0.717, 1.165) is 11.8 Å². The van der Waals surface area contributed by atoms with Gasteiger partial charge in [-0.15, -0.1) is 6.58 Å². The Morgan fingerprint density at radius 3 is 2.05 bits per heavy atom. The first-order valence-corrected chi connectivity index (χ1v) is 8.98. The van der Waals surface area contributed by atoms with Crippen LogP contribution in [0.25, 0.3) is 0 Å². The minimum Gasteiger partial charge on any atom is -0.102 e. The van der Waals surface area contributed by atoms with E-state index in [9.17, 15) is 0 Å². The third kappa shape index (κ3) is 3.42. The van der Waals surface area contributed by atoms with Crippen LogP contribution in [0.15, 0.2) is 30.9 Å². The van der Waals surface area contributed by atoms with Gasteiger partial charge in [-0.2, -0.15) is 0 Å². The summed E-state index contributed by atoms with van der Waals surface area (Å²) in [6.07, 6.45) is 18.3. The molecule has 2 aliphatic rings. The smallest absolute Gasteiger partial charge is 0.0122 e. The number of hydrogen-bond donors (Lipinski definition) is 0. The van der Waals surface area contributed by atoms with Crippen LogP contribution in [-0.4, -0.2) is 0 Å². The molecule has 0 heterocycles. The summed E-state index contributed by atoms with van der Waals surface area (Å²) >= 11 is 0. The van der Waals surface area contributed by atoms with Gasteiger partial charge in [0, 0.05) is 6.42 Å². The van der Waals surface area contributed by atoms with Gasteiger partial charge in [-0.25, -0.2) is 0 Å². The molecule has 2 saturated carbocycles. The highest BCUT2D eigenvalue weighted by Gasteiger charge is 2.25. The maximum Gasteiger partial charge on any atom is 0.0122 e. The fourth-order valence-electron chi connectivity index (χ4n) is 4.51. The van der Waals surface area contributed by atoms with E-state index in [2.05, 4.69) is 31.2 Å². The van der Waals surface area contributed by atoms with Crippen LogP contribution in [0.3, 0.4) is 0 Å². The maximum atomic E-state index is 3.93. The molecule has 0 saturated heterocycles. The summed E-state index contributed by atoms with van der Waals surface area (Å²) in [4.78, 5) is 0. The lowest BCUT2D eigenvalue weighted by Crippen LogP contribution is -2.14. The molecule has 2 aliphatic carbocycles. The Morgan fingerprint density at radius 2 is 1.43 bits per heavy atom. The Kier molecular flexibility index (Phi) is 5.17.